The Kier molecular flexibility index (Phi) is 6.61. The zero-order valence-electron chi connectivity index (χ0n) is 19.6. The zero-order chi connectivity index (χ0) is 25.2. The molecular weight excluding hydrogens is 482 g/mol. The fourth-order valence-corrected chi connectivity index (χ4v) is 4.54. The van der Waals surface area contributed by atoms with Crippen LogP contribution in [0, 0.1) is 12.8 Å². The van der Waals surface area contributed by atoms with Gasteiger partial charge in [0.2, 0.25) is 5.91 Å². The Labute approximate surface area is 213 Å². The Morgan fingerprint density at radius 1 is 1.08 bits per heavy atom. The van der Waals surface area contributed by atoms with E-state index in [4.69, 9.17) is 20.8 Å². The Balaban J connectivity index is 1.25. The number of hydrazone groups is 1. The average molecular weight is 506 g/mol. The second-order valence-electron chi connectivity index (χ2n) is 8.88. The van der Waals surface area contributed by atoms with E-state index >= 15 is 0 Å². The van der Waals surface area contributed by atoms with E-state index in [9.17, 15) is 14.4 Å². The van der Waals surface area contributed by atoms with Gasteiger partial charge in [0.1, 0.15) is 11.8 Å². The molecule has 2 aliphatic rings. The van der Waals surface area contributed by atoms with Gasteiger partial charge in [0.15, 0.2) is 6.61 Å². The van der Waals surface area contributed by atoms with E-state index in [0.29, 0.717) is 22.9 Å². The smallest absolute Gasteiger partial charge is 0.311 e. The van der Waals surface area contributed by atoms with Gasteiger partial charge < -0.3 is 14.1 Å². The molecule has 3 aromatic rings. The highest BCUT2D eigenvalue weighted by Crippen LogP contribution is 2.33. The first-order valence-corrected chi connectivity index (χ1v) is 12.0. The van der Waals surface area contributed by atoms with E-state index in [1.807, 2.05) is 43.3 Å². The molecule has 184 valence electrons. The first kappa shape index (κ1) is 23.8. The van der Waals surface area contributed by atoms with Crippen molar-refractivity contribution in [2.75, 3.05) is 18.1 Å². The Bertz CT molecular complexity index is 1300. The summed E-state index contributed by atoms with van der Waals surface area (Å²) in [5.41, 5.74) is 3.35. The number of anilines is 1. The number of ether oxygens (including phenoxy) is 1. The van der Waals surface area contributed by atoms with Crippen LogP contribution in [0.5, 0.6) is 0 Å². The maximum atomic E-state index is 13.1. The molecule has 0 aliphatic carbocycles. The number of halogens is 1. The van der Waals surface area contributed by atoms with Crippen LogP contribution in [-0.4, -0.2) is 41.7 Å². The van der Waals surface area contributed by atoms with Gasteiger partial charge in [-0.3, -0.25) is 14.4 Å². The lowest BCUT2D eigenvalue weighted by atomic mass is 10.0. The number of hydrogen-bond acceptors (Lipinski definition) is 6. The number of carbonyl (C=O) groups excluding carboxylic acids is 3. The number of hydrogen-bond donors (Lipinski definition) is 0. The first-order valence-electron chi connectivity index (χ1n) is 11.6. The van der Waals surface area contributed by atoms with Crippen LogP contribution in [0.1, 0.15) is 35.8 Å². The van der Waals surface area contributed by atoms with Crippen LogP contribution >= 0.6 is 11.6 Å². The number of aryl methyl sites for hydroxylation is 1. The summed E-state index contributed by atoms with van der Waals surface area (Å²) in [6.45, 7) is 1.70. The van der Waals surface area contributed by atoms with Gasteiger partial charge in [-0.1, -0.05) is 41.4 Å². The lowest BCUT2D eigenvalue weighted by molar-refractivity contribution is -0.156. The average Bonchev–Trinajstić information content (AvgIpc) is 3.63. The Morgan fingerprint density at radius 3 is 2.53 bits per heavy atom. The van der Waals surface area contributed by atoms with Crippen LogP contribution in [0.25, 0.3) is 0 Å². The van der Waals surface area contributed by atoms with Gasteiger partial charge in [-0.05, 0) is 48.9 Å². The molecule has 9 heteroatoms. The number of esters is 1. The minimum atomic E-state index is -0.640. The van der Waals surface area contributed by atoms with Crippen molar-refractivity contribution in [3.05, 3.63) is 88.8 Å². The highest BCUT2D eigenvalue weighted by atomic mass is 35.5. The quantitative estimate of drug-likeness (QED) is 0.459. The van der Waals surface area contributed by atoms with Crippen molar-refractivity contribution in [1.29, 1.82) is 0 Å². The molecular formula is C27H24ClN3O5. The van der Waals surface area contributed by atoms with Crippen LogP contribution in [0.2, 0.25) is 5.02 Å². The SMILES string of the molecule is Cc1ccc(N2CC(C(=O)OCC(=O)N3N=C(c4ccc(Cl)cc4)CC3c3ccco3)CC2=O)cc1. The molecule has 1 saturated heterocycles. The van der Waals surface area contributed by atoms with Crippen molar-refractivity contribution in [3.63, 3.8) is 0 Å². The third kappa shape index (κ3) is 4.90. The highest BCUT2D eigenvalue weighted by Gasteiger charge is 2.38. The van der Waals surface area contributed by atoms with Gasteiger partial charge in [0, 0.05) is 30.1 Å². The van der Waals surface area contributed by atoms with Gasteiger partial charge in [-0.15, -0.1) is 0 Å². The molecule has 0 N–H and O–H groups in total. The van der Waals surface area contributed by atoms with Crippen molar-refractivity contribution in [3.8, 4) is 0 Å². The van der Waals surface area contributed by atoms with E-state index < -0.39 is 30.4 Å². The number of amides is 2. The normalized spacial score (nSPS) is 19.5. The van der Waals surface area contributed by atoms with Crippen molar-refractivity contribution in [2.24, 2.45) is 11.0 Å². The number of rotatable bonds is 6. The van der Waals surface area contributed by atoms with Gasteiger partial charge in [-0.25, -0.2) is 5.01 Å². The third-order valence-electron chi connectivity index (χ3n) is 6.36. The number of benzene rings is 2. The lowest BCUT2D eigenvalue weighted by Gasteiger charge is -2.20. The predicted molar refractivity (Wildman–Crippen MR) is 133 cm³/mol. The summed E-state index contributed by atoms with van der Waals surface area (Å²) in [5.74, 6) is -1.27. The standard InChI is InChI=1S/C27H24ClN3O5/c1-17-4-10-21(11-5-17)30-15-19(13-25(30)32)27(34)36-16-26(33)31-23(24-3-2-12-35-24)14-22(29-31)18-6-8-20(28)9-7-18/h2-12,19,23H,13-16H2,1H3. The Hall–Kier alpha value is -3.91. The van der Waals surface area contributed by atoms with Crippen molar-refractivity contribution >= 4 is 40.8 Å². The molecule has 3 heterocycles. The van der Waals surface area contributed by atoms with Gasteiger partial charge in [0.05, 0.1) is 17.9 Å². The first-order chi connectivity index (χ1) is 17.4. The fourth-order valence-electron chi connectivity index (χ4n) is 4.42. The minimum absolute atomic E-state index is 0.0402. The van der Waals surface area contributed by atoms with Crippen LogP contribution in [-0.2, 0) is 19.1 Å². The number of furan rings is 1. The van der Waals surface area contributed by atoms with E-state index in [1.54, 1.807) is 29.2 Å². The summed E-state index contributed by atoms with van der Waals surface area (Å²) in [6.07, 6.45) is 2.02. The van der Waals surface area contributed by atoms with Crippen LogP contribution < -0.4 is 4.90 Å². The van der Waals surface area contributed by atoms with E-state index in [0.717, 1.165) is 16.8 Å². The van der Waals surface area contributed by atoms with Crippen LogP contribution in [0.3, 0.4) is 0 Å². The maximum absolute atomic E-state index is 13.1. The molecule has 2 unspecified atom stereocenters. The monoisotopic (exact) mass is 505 g/mol. The zero-order valence-corrected chi connectivity index (χ0v) is 20.4. The summed E-state index contributed by atoms with van der Waals surface area (Å²) in [5, 5.41) is 6.42. The molecule has 0 bridgehead atoms. The molecule has 8 nitrogen and oxygen atoms in total. The fraction of sp³-hybridized carbons (Fsp3) is 0.259. The summed E-state index contributed by atoms with van der Waals surface area (Å²) >= 11 is 6.00. The van der Waals surface area contributed by atoms with Gasteiger partial charge in [0.25, 0.3) is 5.91 Å². The minimum Gasteiger partial charge on any atom is -0.467 e. The highest BCUT2D eigenvalue weighted by molar-refractivity contribution is 6.30. The lowest BCUT2D eigenvalue weighted by Crippen LogP contribution is -2.33. The summed E-state index contributed by atoms with van der Waals surface area (Å²) in [7, 11) is 0. The van der Waals surface area contributed by atoms with Crippen LogP contribution in [0.4, 0.5) is 5.69 Å². The van der Waals surface area contributed by atoms with Gasteiger partial charge in [-0.2, -0.15) is 5.10 Å². The molecule has 0 radical (unpaired) electrons. The maximum Gasteiger partial charge on any atom is 0.311 e. The molecule has 36 heavy (non-hydrogen) atoms. The van der Waals surface area contributed by atoms with Crippen molar-refractivity contribution in [1.82, 2.24) is 5.01 Å². The topological polar surface area (TPSA) is 92.4 Å². The molecule has 2 aliphatic heterocycles. The molecule has 1 aromatic heterocycles. The summed E-state index contributed by atoms with van der Waals surface area (Å²) in [4.78, 5) is 39.9. The molecule has 2 amide bonds. The number of nitrogens with zero attached hydrogens (tertiary/aromatic N) is 3. The van der Waals surface area contributed by atoms with Crippen molar-refractivity contribution < 1.29 is 23.5 Å². The molecule has 5 rings (SSSR count). The molecule has 0 spiro atoms. The molecule has 2 aromatic carbocycles. The summed E-state index contributed by atoms with van der Waals surface area (Å²) < 4.78 is 10.9. The largest absolute Gasteiger partial charge is 0.467 e. The molecule has 1 fully saturated rings. The van der Waals surface area contributed by atoms with E-state index in [1.165, 1.54) is 11.3 Å². The Morgan fingerprint density at radius 2 is 1.83 bits per heavy atom. The van der Waals surface area contributed by atoms with E-state index in [-0.39, 0.29) is 18.9 Å². The molecule has 2 atom stereocenters. The third-order valence-corrected chi connectivity index (χ3v) is 6.61. The van der Waals surface area contributed by atoms with Crippen LogP contribution in [0.15, 0.2) is 76.4 Å². The van der Waals surface area contributed by atoms with E-state index in [2.05, 4.69) is 5.10 Å². The predicted octanol–water partition coefficient (Wildman–Crippen LogP) is 4.52. The van der Waals surface area contributed by atoms with Gasteiger partial charge >= 0.3 is 5.97 Å². The second-order valence-corrected chi connectivity index (χ2v) is 9.31. The summed E-state index contributed by atoms with van der Waals surface area (Å²) in [6, 6.07) is 17.8. The second kappa shape index (κ2) is 9.99. The van der Waals surface area contributed by atoms with Crippen molar-refractivity contribution in [2.45, 2.75) is 25.8 Å². The number of carbonyl (C=O) groups is 3. The molecule has 0 saturated carbocycles.